The summed E-state index contributed by atoms with van der Waals surface area (Å²) in [5, 5.41) is 14.2. The van der Waals surface area contributed by atoms with Gasteiger partial charge in [0.25, 0.3) is 5.69 Å². The molecule has 7 nitrogen and oxygen atoms in total. The lowest BCUT2D eigenvalue weighted by atomic mass is 9.95. The van der Waals surface area contributed by atoms with Gasteiger partial charge in [0.15, 0.2) is 5.13 Å². The van der Waals surface area contributed by atoms with E-state index in [4.69, 9.17) is 4.42 Å². The molecular formula is C26H25N3O4S. The molecule has 174 valence electrons. The summed E-state index contributed by atoms with van der Waals surface area (Å²) < 4.78 is 5.75. The van der Waals surface area contributed by atoms with E-state index < -0.39 is 4.92 Å². The van der Waals surface area contributed by atoms with Crippen molar-refractivity contribution in [3.05, 3.63) is 87.5 Å². The minimum absolute atomic E-state index is 0.0193. The Morgan fingerprint density at radius 3 is 2.68 bits per heavy atom. The van der Waals surface area contributed by atoms with Crippen LogP contribution in [0.15, 0.2) is 65.1 Å². The molecule has 0 saturated carbocycles. The van der Waals surface area contributed by atoms with Gasteiger partial charge in [0.05, 0.1) is 23.3 Å². The van der Waals surface area contributed by atoms with Gasteiger partial charge in [-0.25, -0.2) is 4.98 Å². The Morgan fingerprint density at radius 1 is 1.29 bits per heavy atom. The van der Waals surface area contributed by atoms with Crippen LogP contribution in [-0.2, 0) is 11.2 Å². The number of nitrogens with zero attached hydrogens (tertiary/aromatic N) is 3. The van der Waals surface area contributed by atoms with Crippen molar-refractivity contribution in [1.29, 1.82) is 0 Å². The number of thiazole rings is 1. The smallest absolute Gasteiger partial charge is 0.269 e. The van der Waals surface area contributed by atoms with Gasteiger partial charge in [0.1, 0.15) is 5.58 Å². The molecule has 0 aliphatic heterocycles. The molecule has 0 spiro atoms. The summed E-state index contributed by atoms with van der Waals surface area (Å²) in [5.41, 5.74) is 5.44. The Kier molecular flexibility index (Phi) is 6.61. The van der Waals surface area contributed by atoms with Crippen LogP contribution in [-0.4, -0.2) is 22.4 Å². The van der Waals surface area contributed by atoms with Gasteiger partial charge in [-0.3, -0.25) is 19.8 Å². The fourth-order valence-electron chi connectivity index (χ4n) is 3.95. The highest BCUT2D eigenvalue weighted by atomic mass is 32.1. The van der Waals surface area contributed by atoms with Crippen LogP contribution in [0.3, 0.4) is 0 Å². The summed E-state index contributed by atoms with van der Waals surface area (Å²) in [6.45, 7) is 10.5. The molecule has 0 fully saturated rings. The second-order valence-corrected chi connectivity index (χ2v) is 9.25. The summed E-state index contributed by atoms with van der Waals surface area (Å²) >= 11 is 1.34. The quantitative estimate of drug-likeness (QED) is 0.161. The number of benzene rings is 2. The molecule has 0 radical (unpaired) electrons. The first-order chi connectivity index (χ1) is 16.3. The van der Waals surface area contributed by atoms with Crippen LogP contribution in [0.5, 0.6) is 0 Å². The predicted octanol–water partition coefficient (Wildman–Crippen LogP) is 6.66. The van der Waals surface area contributed by atoms with E-state index in [1.54, 1.807) is 29.4 Å². The highest BCUT2D eigenvalue weighted by molar-refractivity contribution is 7.14. The monoisotopic (exact) mass is 475 g/mol. The van der Waals surface area contributed by atoms with Crippen molar-refractivity contribution in [1.82, 2.24) is 4.98 Å². The first-order valence-corrected chi connectivity index (χ1v) is 11.8. The van der Waals surface area contributed by atoms with Crippen molar-refractivity contribution < 1.29 is 14.1 Å². The lowest BCUT2D eigenvalue weighted by Gasteiger charge is -2.18. The molecule has 2 heterocycles. The topological polar surface area (TPSA) is 89.5 Å². The molecular weight excluding hydrogens is 450 g/mol. The van der Waals surface area contributed by atoms with Crippen molar-refractivity contribution in [2.45, 2.75) is 33.1 Å². The Hall–Kier alpha value is -3.78. The van der Waals surface area contributed by atoms with Crippen molar-refractivity contribution >= 4 is 39.0 Å². The van der Waals surface area contributed by atoms with Crippen LogP contribution in [0.4, 0.5) is 10.8 Å². The van der Waals surface area contributed by atoms with Gasteiger partial charge in [0.2, 0.25) is 5.91 Å². The van der Waals surface area contributed by atoms with E-state index in [0.29, 0.717) is 23.3 Å². The first kappa shape index (κ1) is 23.4. The van der Waals surface area contributed by atoms with Gasteiger partial charge in [-0.2, -0.15) is 0 Å². The van der Waals surface area contributed by atoms with Gasteiger partial charge in [-0.15, -0.1) is 17.9 Å². The SMILES string of the molecule is C=CCN(C(=O)Cc1coc2cc(C)c(C(C)C)cc12)c1nc(-c2ccc([N+](=O)[O-])cc2)cs1. The van der Waals surface area contributed by atoms with Crippen LogP contribution in [0.1, 0.15) is 36.5 Å². The zero-order chi connectivity index (χ0) is 24.4. The number of aromatic nitrogens is 1. The number of carbonyl (C=O) groups is 1. The van der Waals surface area contributed by atoms with Gasteiger partial charge >= 0.3 is 0 Å². The number of hydrogen-bond donors (Lipinski definition) is 0. The van der Waals surface area contributed by atoms with Crippen LogP contribution in [0, 0.1) is 17.0 Å². The molecule has 0 saturated heterocycles. The largest absolute Gasteiger partial charge is 0.464 e. The lowest BCUT2D eigenvalue weighted by Crippen LogP contribution is -2.32. The Balaban J connectivity index is 1.60. The van der Waals surface area contributed by atoms with Gasteiger partial charge in [-0.05, 0) is 48.2 Å². The molecule has 4 rings (SSSR count). The maximum Gasteiger partial charge on any atom is 0.269 e. The van der Waals surface area contributed by atoms with Crippen molar-refractivity contribution in [3.8, 4) is 11.3 Å². The minimum Gasteiger partial charge on any atom is -0.464 e. The zero-order valence-electron chi connectivity index (χ0n) is 19.3. The van der Waals surface area contributed by atoms with E-state index in [1.807, 2.05) is 11.4 Å². The number of nitro benzene ring substituents is 1. The molecule has 0 unspecified atom stereocenters. The molecule has 8 heteroatoms. The molecule has 4 aromatic rings. The molecule has 2 aromatic heterocycles. The van der Waals surface area contributed by atoms with Crippen LogP contribution in [0.2, 0.25) is 0 Å². The number of amides is 1. The van der Waals surface area contributed by atoms with Crippen molar-refractivity contribution in [2.24, 2.45) is 0 Å². The minimum atomic E-state index is -0.439. The third kappa shape index (κ3) is 4.63. The average Bonchev–Trinajstić information content (AvgIpc) is 3.44. The molecule has 0 N–H and O–H groups in total. The number of aryl methyl sites for hydroxylation is 1. The number of rotatable bonds is 8. The predicted molar refractivity (Wildman–Crippen MR) is 135 cm³/mol. The first-order valence-electron chi connectivity index (χ1n) is 10.9. The van der Waals surface area contributed by atoms with Gasteiger partial charge in [0, 0.05) is 40.6 Å². The normalized spacial score (nSPS) is 11.2. The molecule has 0 atom stereocenters. The van der Waals surface area contributed by atoms with Gasteiger partial charge < -0.3 is 4.42 Å². The molecule has 0 bridgehead atoms. The number of hydrogen-bond acceptors (Lipinski definition) is 6. The number of furan rings is 1. The zero-order valence-corrected chi connectivity index (χ0v) is 20.1. The number of nitro groups is 1. The van der Waals surface area contributed by atoms with E-state index in [9.17, 15) is 14.9 Å². The summed E-state index contributed by atoms with van der Waals surface area (Å²) in [7, 11) is 0. The van der Waals surface area contributed by atoms with Crippen molar-refractivity contribution in [2.75, 3.05) is 11.4 Å². The van der Waals surface area contributed by atoms with Crippen molar-refractivity contribution in [3.63, 3.8) is 0 Å². The summed E-state index contributed by atoms with van der Waals surface area (Å²) in [6.07, 6.45) is 3.49. The third-order valence-electron chi connectivity index (χ3n) is 5.72. The molecule has 0 aliphatic rings. The lowest BCUT2D eigenvalue weighted by molar-refractivity contribution is -0.384. The van der Waals surface area contributed by atoms with E-state index in [0.717, 1.165) is 22.1 Å². The van der Waals surface area contributed by atoms with E-state index in [2.05, 4.69) is 38.4 Å². The second kappa shape index (κ2) is 9.61. The van der Waals surface area contributed by atoms with E-state index in [1.165, 1.54) is 34.6 Å². The van der Waals surface area contributed by atoms with Crippen LogP contribution in [0.25, 0.3) is 22.2 Å². The number of carbonyl (C=O) groups excluding carboxylic acids is 1. The van der Waals surface area contributed by atoms with Gasteiger partial charge in [-0.1, -0.05) is 19.9 Å². The Bertz CT molecular complexity index is 1370. The van der Waals surface area contributed by atoms with Crippen LogP contribution < -0.4 is 4.90 Å². The number of fused-ring (bicyclic) bond motifs is 1. The summed E-state index contributed by atoms with van der Waals surface area (Å²) in [5.74, 6) is 0.257. The third-order valence-corrected chi connectivity index (χ3v) is 6.58. The maximum absolute atomic E-state index is 13.3. The fraction of sp³-hybridized carbons (Fsp3) is 0.231. The maximum atomic E-state index is 13.3. The number of anilines is 1. The average molecular weight is 476 g/mol. The second-order valence-electron chi connectivity index (χ2n) is 8.41. The Morgan fingerprint density at radius 2 is 2.03 bits per heavy atom. The summed E-state index contributed by atoms with van der Waals surface area (Å²) in [6, 6.07) is 10.3. The molecule has 0 aliphatic carbocycles. The van der Waals surface area contributed by atoms with Crippen LogP contribution >= 0.6 is 11.3 Å². The summed E-state index contributed by atoms with van der Waals surface area (Å²) in [4.78, 5) is 30.0. The molecule has 1 amide bonds. The highest BCUT2D eigenvalue weighted by Crippen LogP contribution is 2.31. The molecule has 34 heavy (non-hydrogen) atoms. The van der Waals surface area contributed by atoms with E-state index >= 15 is 0 Å². The Labute approximate surface area is 201 Å². The molecule has 2 aromatic carbocycles. The standard InChI is InChI=1S/C26H25N3O4S/c1-5-10-28(26-27-23(15-34-26)18-6-8-20(9-7-18)29(31)32)25(30)12-19-14-33-24-11-17(4)21(16(2)3)13-22(19)24/h5-9,11,13-16H,1,10,12H2,2-4H3. The highest BCUT2D eigenvalue weighted by Gasteiger charge is 2.21. The number of non-ortho nitro benzene ring substituents is 1. The van der Waals surface area contributed by atoms with E-state index in [-0.39, 0.29) is 18.0 Å². The fourth-order valence-corrected chi connectivity index (χ4v) is 4.81.